The van der Waals surface area contributed by atoms with E-state index in [2.05, 4.69) is 15.0 Å². The minimum Gasteiger partial charge on any atom is -0.406 e. The van der Waals surface area contributed by atoms with Gasteiger partial charge in [0.05, 0.1) is 6.54 Å². The zero-order chi connectivity index (χ0) is 16.9. The topological polar surface area (TPSA) is 51.2 Å². The molecule has 0 saturated heterocycles. The van der Waals surface area contributed by atoms with E-state index in [9.17, 15) is 18.0 Å². The van der Waals surface area contributed by atoms with Crippen molar-refractivity contribution in [1.29, 1.82) is 0 Å². The minimum absolute atomic E-state index is 0.129. The van der Waals surface area contributed by atoms with E-state index in [1.807, 2.05) is 5.38 Å². The highest BCUT2D eigenvalue weighted by molar-refractivity contribution is 7.09. The molecule has 1 N–H and O–H groups in total. The number of aromatic nitrogens is 1. The summed E-state index contributed by atoms with van der Waals surface area (Å²) >= 11 is 1.46. The molecule has 1 heterocycles. The van der Waals surface area contributed by atoms with Crippen LogP contribution in [0.15, 0.2) is 35.8 Å². The van der Waals surface area contributed by atoms with Crippen molar-refractivity contribution in [3.63, 3.8) is 0 Å². The summed E-state index contributed by atoms with van der Waals surface area (Å²) in [5.41, 5.74) is 0.761. The van der Waals surface area contributed by atoms with Gasteiger partial charge in [-0.2, -0.15) is 0 Å². The van der Waals surface area contributed by atoms with Gasteiger partial charge in [0.25, 0.3) is 0 Å². The number of alkyl halides is 3. The molecule has 1 amide bonds. The van der Waals surface area contributed by atoms with Gasteiger partial charge in [-0.15, -0.1) is 24.5 Å². The van der Waals surface area contributed by atoms with Gasteiger partial charge in [-0.1, -0.05) is 19.1 Å². The van der Waals surface area contributed by atoms with Gasteiger partial charge in [0.15, 0.2) is 0 Å². The van der Waals surface area contributed by atoms with E-state index in [1.54, 1.807) is 13.1 Å². The molecule has 1 unspecified atom stereocenters. The lowest BCUT2D eigenvalue weighted by molar-refractivity contribution is -0.274. The number of amides is 1. The van der Waals surface area contributed by atoms with Crippen molar-refractivity contribution in [2.75, 3.05) is 0 Å². The summed E-state index contributed by atoms with van der Waals surface area (Å²) in [6.07, 6.45) is -2.61. The summed E-state index contributed by atoms with van der Waals surface area (Å²) in [6.45, 7) is 2.14. The number of carbonyl (C=O) groups excluding carboxylic acids is 1. The molecule has 1 atom stereocenters. The number of benzene rings is 1. The molecule has 2 aromatic rings. The van der Waals surface area contributed by atoms with Gasteiger partial charge in [-0.25, -0.2) is 4.98 Å². The van der Waals surface area contributed by atoms with E-state index < -0.39 is 6.36 Å². The molecule has 2 rings (SSSR count). The number of carbonyl (C=O) groups is 1. The third-order valence-corrected chi connectivity index (χ3v) is 3.82. The molecule has 4 nitrogen and oxygen atoms in total. The van der Waals surface area contributed by atoms with Crippen LogP contribution in [-0.4, -0.2) is 17.3 Å². The van der Waals surface area contributed by atoms with Crippen LogP contribution in [0.2, 0.25) is 0 Å². The number of hydrogen-bond donors (Lipinski definition) is 1. The smallest absolute Gasteiger partial charge is 0.406 e. The minimum atomic E-state index is -4.70. The lowest BCUT2D eigenvalue weighted by Crippen LogP contribution is -2.29. The van der Waals surface area contributed by atoms with Crippen molar-refractivity contribution in [2.24, 2.45) is 5.92 Å². The molecule has 0 spiro atoms. The van der Waals surface area contributed by atoms with E-state index in [-0.39, 0.29) is 17.6 Å². The van der Waals surface area contributed by atoms with Gasteiger partial charge in [-0.3, -0.25) is 4.79 Å². The molecule has 1 aromatic heterocycles. The van der Waals surface area contributed by atoms with Crippen molar-refractivity contribution in [1.82, 2.24) is 10.3 Å². The number of ether oxygens (including phenoxy) is 1. The summed E-state index contributed by atoms with van der Waals surface area (Å²) in [5, 5.41) is 5.43. The maximum absolute atomic E-state index is 12.1. The predicted octanol–water partition coefficient (Wildman–Crippen LogP) is 3.54. The monoisotopic (exact) mass is 344 g/mol. The van der Waals surface area contributed by atoms with E-state index in [1.165, 1.54) is 35.6 Å². The number of nitrogens with zero attached hydrogens (tertiary/aromatic N) is 1. The molecule has 1 aromatic carbocycles. The second-order valence-corrected chi connectivity index (χ2v) is 5.92. The lowest BCUT2D eigenvalue weighted by Gasteiger charge is -2.13. The maximum Gasteiger partial charge on any atom is 0.573 e. The Morgan fingerprint density at radius 2 is 2.04 bits per heavy atom. The summed E-state index contributed by atoms with van der Waals surface area (Å²) in [7, 11) is 0. The highest BCUT2D eigenvalue weighted by Gasteiger charge is 2.30. The average molecular weight is 344 g/mol. The summed E-state index contributed by atoms with van der Waals surface area (Å²) < 4.78 is 40.0. The van der Waals surface area contributed by atoms with Crippen LogP contribution in [0.5, 0.6) is 5.75 Å². The van der Waals surface area contributed by atoms with Crippen molar-refractivity contribution < 1.29 is 22.7 Å². The van der Waals surface area contributed by atoms with Gasteiger partial charge in [0.2, 0.25) is 5.91 Å². The van der Waals surface area contributed by atoms with Gasteiger partial charge >= 0.3 is 6.36 Å². The summed E-state index contributed by atoms with van der Waals surface area (Å²) in [6, 6.07) is 5.52. The molecule has 0 aliphatic carbocycles. The first-order valence-corrected chi connectivity index (χ1v) is 7.72. The Balaban J connectivity index is 1.84. The van der Waals surface area contributed by atoms with Gasteiger partial charge < -0.3 is 10.1 Å². The van der Waals surface area contributed by atoms with Gasteiger partial charge in [0, 0.05) is 17.5 Å². The van der Waals surface area contributed by atoms with Crippen LogP contribution in [0.1, 0.15) is 17.5 Å². The van der Waals surface area contributed by atoms with Crippen LogP contribution in [0, 0.1) is 5.92 Å². The maximum atomic E-state index is 12.1. The van der Waals surface area contributed by atoms with Crippen LogP contribution in [0.4, 0.5) is 13.2 Å². The third-order valence-electron chi connectivity index (χ3n) is 3.04. The molecule has 0 aliphatic heterocycles. The van der Waals surface area contributed by atoms with E-state index in [4.69, 9.17) is 0 Å². The van der Waals surface area contributed by atoms with E-state index >= 15 is 0 Å². The van der Waals surface area contributed by atoms with Gasteiger partial charge in [0.1, 0.15) is 10.8 Å². The highest BCUT2D eigenvalue weighted by atomic mass is 32.1. The summed E-state index contributed by atoms with van der Waals surface area (Å²) in [5.74, 6) is -0.706. The van der Waals surface area contributed by atoms with Gasteiger partial charge in [-0.05, 0) is 24.1 Å². The highest BCUT2D eigenvalue weighted by Crippen LogP contribution is 2.23. The Morgan fingerprint density at radius 1 is 1.35 bits per heavy atom. The molecule has 124 valence electrons. The molecule has 0 saturated carbocycles. The van der Waals surface area contributed by atoms with E-state index in [0.29, 0.717) is 13.0 Å². The number of halogens is 3. The number of thiazole rings is 1. The molecular formula is C15H15F3N2O2S. The van der Waals surface area contributed by atoms with Crippen LogP contribution in [0.25, 0.3) is 0 Å². The Labute approximate surface area is 135 Å². The molecular weight excluding hydrogens is 329 g/mol. The van der Waals surface area contributed by atoms with E-state index in [0.717, 1.165) is 10.6 Å². The summed E-state index contributed by atoms with van der Waals surface area (Å²) in [4.78, 5) is 16.1. The normalized spacial score (nSPS) is 12.7. The molecule has 8 heteroatoms. The first-order chi connectivity index (χ1) is 10.8. The fourth-order valence-electron chi connectivity index (χ4n) is 1.95. The fraction of sp³-hybridized carbons (Fsp3) is 0.333. The first-order valence-electron chi connectivity index (χ1n) is 6.84. The largest absolute Gasteiger partial charge is 0.573 e. The quantitative estimate of drug-likeness (QED) is 0.872. The predicted molar refractivity (Wildman–Crippen MR) is 80.0 cm³/mol. The van der Waals surface area contributed by atoms with Crippen LogP contribution < -0.4 is 10.1 Å². The van der Waals surface area contributed by atoms with Crippen molar-refractivity contribution in [2.45, 2.75) is 26.3 Å². The van der Waals surface area contributed by atoms with Crippen LogP contribution in [0.3, 0.4) is 0 Å². The molecule has 23 heavy (non-hydrogen) atoms. The fourth-order valence-corrected chi connectivity index (χ4v) is 2.51. The Bertz CT molecular complexity index is 627. The second-order valence-electron chi connectivity index (χ2n) is 4.94. The van der Waals surface area contributed by atoms with Crippen molar-refractivity contribution >= 4 is 17.2 Å². The molecule has 0 aliphatic rings. The number of hydrogen-bond acceptors (Lipinski definition) is 4. The zero-order valence-electron chi connectivity index (χ0n) is 12.3. The van der Waals surface area contributed by atoms with Crippen molar-refractivity contribution in [3.05, 3.63) is 46.4 Å². The Morgan fingerprint density at radius 3 is 2.61 bits per heavy atom. The third kappa shape index (κ3) is 5.90. The second kappa shape index (κ2) is 7.45. The Hall–Kier alpha value is -2.09. The van der Waals surface area contributed by atoms with Crippen LogP contribution in [-0.2, 0) is 17.8 Å². The zero-order valence-corrected chi connectivity index (χ0v) is 13.1. The molecule has 0 radical (unpaired) electrons. The number of rotatable bonds is 6. The Kier molecular flexibility index (Phi) is 5.59. The molecule has 0 bridgehead atoms. The standard InChI is InChI=1S/C15H15F3N2O2S/c1-10(14(21)20-9-13-19-6-7-23-13)8-11-2-4-12(5-3-11)22-15(16,17)18/h2-7,10H,8-9H2,1H3,(H,20,21). The first kappa shape index (κ1) is 17.3. The average Bonchev–Trinajstić information content (AvgIpc) is 2.98. The van der Waals surface area contributed by atoms with Crippen LogP contribution >= 0.6 is 11.3 Å². The number of nitrogens with one attached hydrogen (secondary N) is 1. The van der Waals surface area contributed by atoms with Crippen molar-refractivity contribution in [3.8, 4) is 5.75 Å². The SMILES string of the molecule is CC(Cc1ccc(OC(F)(F)F)cc1)C(=O)NCc1nccs1. The molecule has 0 fully saturated rings. The lowest BCUT2D eigenvalue weighted by atomic mass is 10.0.